The Kier molecular flexibility index (Phi) is 1.32. The van der Waals surface area contributed by atoms with Gasteiger partial charge in [-0.05, 0) is 6.07 Å². The van der Waals surface area contributed by atoms with Crippen LogP contribution in [0.5, 0.6) is 5.88 Å². The molecule has 0 aliphatic carbocycles. The van der Waals surface area contributed by atoms with Gasteiger partial charge in [-0.1, -0.05) is 0 Å². The van der Waals surface area contributed by atoms with Crippen LogP contribution in [0.25, 0.3) is 0 Å². The molecule has 43 valence electrons. The maximum absolute atomic E-state index is 10.3. The number of nitrogens with zero attached hydrogens (tertiary/aromatic N) is 2. The molecule has 0 N–H and O–H groups in total. The van der Waals surface area contributed by atoms with Crippen LogP contribution in [-0.2, 0) is 5.11 Å². The van der Waals surface area contributed by atoms with Crippen LogP contribution in [0.1, 0.15) is 5.56 Å². The van der Waals surface area contributed by atoms with E-state index in [1.165, 1.54) is 18.3 Å². The SMILES string of the molecule is N#Cc1ccc([O])nc1. The van der Waals surface area contributed by atoms with Crippen molar-refractivity contribution in [3.63, 3.8) is 0 Å². The predicted octanol–water partition coefficient (Wildman–Crippen LogP) is 1.10. The molecule has 0 saturated carbocycles. The maximum Gasteiger partial charge on any atom is 0.269 e. The summed E-state index contributed by atoms with van der Waals surface area (Å²) in [7, 11) is 0. The lowest BCUT2D eigenvalue weighted by atomic mass is 10.3. The first-order valence-electron chi connectivity index (χ1n) is 2.36. The Morgan fingerprint density at radius 1 is 1.56 bits per heavy atom. The van der Waals surface area contributed by atoms with Crippen molar-refractivity contribution in [2.75, 3.05) is 0 Å². The van der Waals surface area contributed by atoms with Crippen LogP contribution in [0.15, 0.2) is 18.3 Å². The molecule has 3 nitrogen and oxygen atoms in total. The molecule has 0 amide bonds. The van der Waals surface area contributed by atoms with Crippen molar-refractivity contribution in [3.05, 3.63) is 23.9 Å². The highest BCUT2D eigenvalue weighted by atomic mass is 16.3. The molecular weight excluding hydrogens is 116 g/mol. The zero-order valence-electron chi connectivity index (χ0n) is 4.53. The fraction of sp³-hybridized carbons (Fsp3) is 0. The van der Waals surface area contributed by atoms with Gasteiger partial charge in [0.2, 0.25) is 0 Å². The van der Waals surface area contributed by atoms with Gasteiger partial charge in [-0.25, -0.2) is 4.98 Å². The molecule has 0 unspecified atom stereocenters. The Hall–Kier alpha value is -1.56. The van der Waals surface area contributed by atoms with Gasteiger partial charge in [0.15, 0.2) is 0 Å². The Labute approximate surface area is 52.2 Å². The van der Waals surface area contributed by atoms with E-state index in [2.05, 4.69) is 4.98 Å². The van der Waals surface area contributed by atoms with Crippen LogP contribution in [0.3, 0.4) is 0 Å². The summed E-state index contributed by atoms with van der Waals surface area (Å²) < 4.78 is 0. The van der Waals surface area contributed by atoms with E-state index in [0.717, 1.165) is 0 Å². The molecule has 0 spiro atoms. The summed E-state index contributed by atoms with van der Waals surface area (Å²) in [6.07, 6.45) is 1.25. The van der Waals surface area contributed by atoms with Gasteiger partial charge >= 0.3 is 0 Å². The first kappa shape index (κ1) is 5.57. The molecule has 1 heterocycles. The fourth-order valence-corrected chi connectivity index (χ4v) is 0.446. The van der Waals surface area contributed by atoms with Gasteiger partial charge in [0.05, 0.1) is 5.56 Å². The number of aromatic nitrogens is 1. The number of hydrogen-bond acceptors (Lipinski definition) is 2. The summed E-state index contributed by atoms with van der Waals surface area (Å²) in [6.45, 7) is 0. The molecule has 0 fully saturated rings. The molecule has 0 bridgehead atoms. The number of pyridine rings is 1. The van der Waals surface area contributed by atoms with Gasteiger partial charge in [0.1, 0.15) is 6.07 Å². The molecule has 1 rings (SSSR count). The van der Waals surface area contributed by atoms with E-state index >= 15 is 0 Å². The average molecular weight is 119 g/mol. The van der Waals surface area contributed by atoms with Gasteiger partial charge in [0, 0.05) is 12.3 Å². The predicted molar refractivity (Wildman–Crippen MR) is 29.1 cm³/mol. The normalized spacial score (nSPS) is 8.33. The lowest BCUT2D eigenvalue weighted by molar-refractivity contribution is 0.337. The first-order chi connectivity index (χ1) is 4.33. The Bertz CT molecular complexity index is 234. The van der Waals surface area contributed by atoms with Gasteiger partial charge in [-0.15, -0.1) is 0 Å². The summed E-state index contributed by atoms with van der Waals surface area (Å²) in [4.78, 5) is 3.37. The second kappa shape index (κ2) is 2.14. The van der Waals surface area contributed by atoms with Gasteiger partial charge < -0.3 is 0 Å². The third-order valence-corrected chi connectivity index (χ3v) is 0.865. The van der Waals surface area contributed by atoms with Crippen LogP contribution < -0.4 is 0 Å². The van der Waals surface area contributed by atoms with Gasteiger partial charge in [0.25, 0.3) is 5.88 Å². The monoisotopic (exact) mass is 119 g/mol. The second-order valence-corrected chi connectivity index (χ2v) is 1.50. The number of hydrogen-bond donors (Lipinski definition) is 0. The van der Waals surface area contributed by atoms with E-state index in [1.807, 2.05) is 6.07 Å². The van der Waals surface area contributed by atoms with Gasteiger partial charge in [-0.2, -0.15) is 5.26 Å². The minimum absolute atomic E-state index is 0.311. The number of nitriles is 1. The highest BCUT2D eigenvalue weighted by molar-refractivity contribution is 5.27. The highest BCUT2D eigenvalue weighted by Crippen LogP contribution is 2.03. The van der Waals surface area contributed by atoms with E-state index in [9.17, 15) is 5.11 Å². The van der Waals surface area contributed by atoms with E-state index in [0.29, 0.717) is 5.56 Å². The molecule has 9 heavy (non-hydrogen) atoms. The van der Waals surface area contributed by atoms with Crippen molar-refractivity contribution >= 4 is 0 Å². The van der Waals surface area contributed by atoms with Crippen molar-refractivity contribution in [2.45, 2.75) is 0 Å². The first-order valence-corrected chi connectivity index (χ1v) is 2.36. The van der Waals surface area contributed by atoms with E-state index in [4.69, 9.17) is 5.26 Å². The fourth-order valence-electron chi connectivity index (χ4n) is 0.446. The zero-order chi connectivity index (χ0) is 6.69. The molecule has 1 aromatic rings. The quantitative estimate of drug-likeness (QED) is 0.513. The molecular formula is C6H3N2O. The van der Waals surface area contributed by atoms with Crippen molar-refractivity contribution in [1.82, 2.24) is 4.98 Å². The van der Waals surface area contributed by atoms with Crippen molar-refractivity contribution in [1.29, 1.82) is 5.26 Å². The Morgan fingerprint density at radius 2 is 2.33 bits per heavy atom. The molecule has 0 aromatic carbocycles. The molecule has 0 atom stereocenters. The van der Waals surface area contributed by atoms with Crippen LogP contribution in [0.4, 0.5) is 0 Å². The summed E-state index contributed by atoms with van der Waals surface area (Å²) in [5, 5.41) is 18.6. The highest BCUT2D eigenvalue weighted by Gasteiger charge is 1.90. The molecule has 3 heteroatoms. The van der Waals surface area contributed by atoms with E-state index < -0.39 is 0 Å². The van der Waals surface area contributed by atoms with E-state index in [1.54, 1.807) is 0 Å². The molecule has 1 radical (unpaired) electrons. The third-order valence-electron chi connectivity index (χ3n) is 0.865. The molecule has 0 saturated heterocycles. The molecule has 0 aliphatic heterocycles. The van der Waals surface area contributed by atoms with Crippen molar-refractivity contribution < 1.29 is 5.11 Å². The summed E-state index contributed by atoms with van der Waals surface area (Å²) in [6, 6.07) is 4.56. The van der Waals surface area contributed by atoms with Crippen molar-refractivity contribution in [3.8, 4) is 11.9 Å². The van der Waals surface area contributed by atoms with Crippen LogP contribution in [0, 0.1) is 11.3 Å². The summed E-state index contributed by atoms with van der Waals surface area (Å²) in [5.74, 6) is -0.311. The average Bonchev–Trinajstić information content (AvgIpc) is 1.90. The lowest BCUT2D eigenvalue weighted by Crippen LogP contribution is -1.74. The van der Waals surface area contributed by atoms with Crippen LogP contribution in [0.2, 0.25) is 0 Å². The third kappa shape index (κ3) is 1.16. The Balaban J connectivity index is 3.06. The summed E-state index contributed by atoms with van der Waals surface area (Å²) in [5.41, 5.74) is 0.412. The minimum Gasteiger partial charge on any atom is -0.267 e. The second-order valence-electron chi connectivity index (χ2n) is 1.50. The van der Waals surface area contributed by atoms with Crippen LogP contribution >= 0.6 is 0 Å². The lowest BCUT2D eigenvalue weighted by Gasteiger charge is -1.83. The smallest absolute Gasteiger partial charge is 0.267 e. The molecule has 0 aliphatic rings. The maximum atomic E-state index is 10.3. The largest absolute Gasteiger partial charge is 0.269 e. The van der Waals surface area contributed by atoms with Crippen molar-refractivity contribution in [2.24, 2.45) is 0 Å². The van der Waals surface area contributed by atoms with Crippen LogP contribution in [-0.4, -0.2) is 4.98 Å². The minimum atomic E-state index is -0.311. The standard InChI is InChI=1S/C6H3N2O/c7-3-5-1-2-6(9)8-4-5/h1-2,4H. The molecule has 1 aromatic heterocycles. The topological polar surface area (TPSA) is 56.6 Å². The van der Waals surface area contributed by atoms with Gasteiger partial charge in [-0.3, -0.25) is 5.11 Å². The summed E-state index contributed by atoms with van der Waals surface area (Å²) >= 11 is 0. The Morgan fingerprint density at radius 3 is 2.78 bits per heavy atom. The van der Waals surface area contributed by atoms with E-state index in [-0.39, 0.29) is 5.88 Å². The zero-order valence-corrected chi connectivity index (χ0v) is 4.53. The number of rotatable bonds is 0.